The minimum atomic E-state index is 0.390. The van der Waals surface area contributed by atoms with Crippen LogP contribution in [0.2, 0.25) is 0 Å². The summed E-state index contributed by atoms with van der Waals surface area (Å²) in [6, 6.07) is 8.95. The van der Waals surface area contributed by atoms with Crippen molar-refractivity contribution in [2.45, 2.75) is 33.1 Å². The van der Waals surface area contributed by atoms with Crippen molar-refractivity contribution < 1.29 is 4.74 Å². The fourth-order valence-corrected chi connectivity index (χ4v) is 2.97. The molecule has 2 heteroatoms. The molecular weight excluding hydrogens is 234 g/mol. The summed E-state index contributed by atoms with van der Waals surface area (Å²) in [5.41, 5.74) is 3.23. The fraction of sp³-hybridized carbons (Fsp3) is 0.647. The second kappa shape index (κ2) is 6.53. The molecule has 0 amide bonds. The molecular formula is C17H27NO. The first-order valence-corrected chi connectivity index (χ1v) is 7.39. The second-order valence-electron chi connectivity index (χ2n) is 6.26. The third-order valence-corrected chi connectivity index (χ3v) is 4.27. The highest BCUT2D eigenvalue weighted by Crippen LogP contribution is 2.47. The van der Waals surface area contributed by atoms with E-state index in [9.17, 15) is 0 Å². The molecule has 0 saturated heterocycles. The monoisotopic (exact) mass is 261 g/mol. The van der Waals surface area contributed by atoms with Crippen molar-refractivity contribution in [1.82, 2.24) is 5.32 Å². The van der Waals surface area contributed by atoms with Crippen molar-refractivity contribution in [3.05, 3.63) is 35.4 Å². The van der Waals surface area contributed by atoms with Crippen LogP contribution >= 0.6 is 0 Å². The Balaban J connectivity index is 1.94. The molecule has 1 aromatic rings. The van der Waals surface area contributed by atoms with E-state index in [1.807, 2.05) is 0 Å². The minimum absolute atomic E-state index is 0.390. The highest BCUT2D eigenvalue weighted by atomic mass is 16.5. The van der Waals surface area contributed by atoms with Gasteiger partial charge in [0.15, 0.2) is 0 Å². The molecule has 19 heavy (non-hydrogen) atoms. The fourth-order valence-electron chi connectivity index (χ4n) is 2.97. The molecule has 1 saturated carbocycles. The number of aryl methyl sites for hydroxylation is 1. The van der Waals surface area contributed by atoms with Crippen molar-refractivity contribution in [3.63, 3.8) is 0 Å². The molecule has 0 aliphatic heterocycles. The highest BCUT2D eigenvalue weighted by Gasteiger charge is 2.40. The van der Waals surface area contributed by atoms with Gasteiger partial charge in [0.25, 0.3) is 0 Å². The Bertz CT molecular complexity index is 400. The van der Waals surface area contributed by atoms with Gasteiger partial charge >= 0.3 is 0 Å². The largest absolute Gasteiger partial charge is 0.383 e. The van der Waals surface area contributed by atoms with Crippen LogP contribution in [0.25, 0.3) is 0 Å². The second-order valence-corrected chi connectivity index (χ2v) is 6.26. The van der Waals surface area contributed by atoms with Crippen LogP contribution in [0.1, 0.15) is 30.9 Å². The van der Waals surface area contributed by atoms with Gasteiger partial charge in [0.2, 0.25) is 0 Å². The van der Waals surface area contributed by atoms with Gasteiger partial charge in [-0.2, -0.15) is 0 Å². The minimum Gasteiger partial charge on any atom is -0.383 e. The third kappa shape index (κ3) is 4.32. The molecule has 0 radical (unpaired) electrons. The van der Waals surface area contributed by atoms with E-state index in [0.717, 1.165) is 25.6 Å². The van der Waals surface area contributed by atoms with Crippen LogP contribution in [-0.4, -0.2) is 26.8 Å². The summed E-state index contributed by atoms with van der Waals surface area (Å²) < 4.78 is 5.10. The normalized spacial score (nSPS) is 18.3. The maximum atomic E-state index is 5.10. The van der Waals surface area contributed by atoms with Crippen LogP contribution in [0, 0.1) is 18.3 Å². The number of methoxy groups -OCH3 is 1. The molecule has 1 aliphatic rings. The Morgan fingerprint density at radius 3 is 2.79 bits per heavy atom. The molecule has 1 N–H and O–H groups in total. The summed E-state index contributed by atoms with van der Waals surface area (Å²) in [5.74, 6) is 0.892. The van der Waals surface area contributed by atoms with Crippen LogP contribution in [0.3, 0.4) is 0 Å². The first-order chi connectivity index (χ1) is 9.14. The number of nitrogens with one attached hydrogen (secondary N) is 1. The third-order valence-electron chi connectivity index (χ3n) is 4.27. The van der Waals surface area contributed by atoms with Gasteiger partial charge in [-0.1, -0.05) is 36.8 Å². The SMILES string of the molecule is COCCNCC(C)(Cc1cccc(C)c1)C1CC1. The van der Waals surface area contributed by atoms with Crippen molar-refractivity contribution in [3.8, 4) is 0 Å². The van der Waals surface area contributed by atoms with E-state index < -0.39 is 0 Å². The molecule has 1 atom stereocenters. The standard InChI is InChI=1S/C17H27NO/c1-14-5-4-6-15(11-14)12-17(2,16-7-8-16)13-18-9-10-19-3/h4-6,11,16,18H,7-10,12-13H2,1-3H3. The number of rotatable bonds is 8. The average molecular weight is 261 g/mol. The molecule has 106 valence electrons. The van der Waals surface area contributed by atoms with Gasteiger partial charge in [0, 0.05) is 20.2 Å². The predicted molar refractivity (Wildman–Crippen MR) is 80.5 cm³/mol. The Morgan fingerprint density at radius 2 is 2.16 bits per heavy atom. The first-order valence-electron chi connectivity index (χ1n) is 7.39. The van der Waals surface area contributed by atoms with Crippen LogP contribution in [0.4, 0.5) is 0 Å². The summed E-state index contributed by atoms with van der Waals surface area (Å²) in [6.07, 6.45) is 3.97. The molecule has 1 unspecified atom stereocenters. The Kier molecular flexibility index (Phi) is 5.00. The maximum absolute atomic E-state index is 5.10. The predicted octanol–water partition coefficient (Wildman–Crippen LogP) is 3.19. The van der Waals surface area contributed by atoms with Crippen LogP contribution in [-0.2, 0) is 11.2 Å². The highest BCUT2D eigenvalue weighted by molar-refractivity contribution is 5.24. The van der Waals surface area contributed by atoms with E-state index >= 15 is 0 Å². The number of ether oxygens (including phenoxy) is 1. The molecule has 2 nitrogen and oxygen atoms in total. The summed E-state index contributed by atoms with van der Waals surface area (Å²) in [4.78, 5) is 0. The lowest BCUT2D eigenvalue weighted by atomic mass is 9.78. The lowest BCUT2D eigenvalue weighted by molar-refractivity contribution is 0.187. The summed E-state index contributed by atoms with van der Waals surface area (Å²) >= 11 is 0. The van der Waals surface area contributed by atoms with Gasteiger partial charge in [-0.05, 0) is 43.1 Å². The van der Waals surface area contributed by atoms with E-state index in [0.29, 0.717) is 5.41 Å². The van der Waals surface area contributed by atoms with Gasteiger partial charge in [-0.3, -0.25) is 0 Å². The smallest absolute Gasteiger partial charge is 0.0587 e. The molecule has 2 rings (SSSR count). The topological polar surface area (TPSA) is 21.3 Å². The van der Waals surface area contributed by atoms with Crippen molar-refractivity contribution >= 4 is 0 Å². The maximum Gasteiger partial charge on any atom is 0.0587 e. The Hall–Kier alpha value is -0.860. The lowest BCUT2D eigenvalue weighted by Crippen LogP contribution is -2.37. The molecule has 0 bridgehead atoms. The molecule has 1 fully saturated rings. The van der Waals surface area contributed by atoms with Gasteiger partial charge in [0.05, 0.1) is 6.61 Å². The van der Waals surface area contributed by atoms with Crippen molar-refractivity contribution in [2.24, 2.45) is 11.3 Å². The van der Waals surface area contributed by atoms with E-state index in [4.69, 9.17) is 4.74 Å². The van der Waals surface area contributed by atoms with E-state index in [2.05, 4.69) is 43.4 Å². The van der Waals surface area contributed by atoms with E-state index in [1.165, 1.54) is 30.4 Å². The van der Waals surface area contributed by atoms with Crippen molar-refractivity contribution in [2.75, 3.05) is 26.8 Å². The number of hydrogen-bond donors (Lipinski definition) is 1. The average Bonchev–Trinajstić information content (AvgIpc) is 3.19. The van der Waals surface area contributed by atoms with Crippen LogP contribution in [0.15, 0.2) is 24.3 Å². The first kappa shape index (κ1) is 14.5. The molecule has 1 aliphatic carbocycles. The van der Waals surface area contributed by atoms with Crippen molar-refractivity contribution in [1.29, 1.82) is 0 Å². The summed E-state index contributed by atoms with van der Waals surface area (Å²) in [7, 11) is 1.76. The zero-order chi connectivity index (χ0) is 13.7. The van der Waals surface area contributed by atoms with E-state index in [-0.39, 0.29) is 0 Å². The molecule has 0 heterocycles. The Labute approximate surface area is 117 Å². The zero-order valence-corrected chi connectivity index (χ0v) is 12.5. The summed E-state index contributed by atoms with van der Waals surface area (Å²) in [5, 5.41) is 3.56. The lowest BCUT2D eigenvalue weighted by Gasteiger charge is -2.30. The molecule has 0 aromatic heterocycles. The molecule has 1 aromatic carbocycles. The summed E-state index contributed by atoms with van der Waals surface area (Å²) in [6.45, 7) is 7.45. The van der Waals surface area contributed by atoms with Crippen LogP contribution < -0.4 is 5.32 Å². The Morgan fingerprint density at radius 1 is 1.37 bits per heavy atom. The van der Waals surface area contributed by atoms with Gasteiger partial charge in [-0.25, -0.2) is 0 Å². The van der Waals surface area contributed by atoms with E-state index in [1.54, 1.807) is 7.11 Å². The zero-order valence-electron chi connectivity index (χ0n) is 12.5. The van der Waals surface area contributed by atoms with Crippen LogP contribution in [0.5, 0.6) is 0 Å². The van der Waals surface area contributed by atoms with Gasteiger partial charge in [-0.15, -0.1) is 0 Å². The van der Waals surface area contributed by atoms with Gasteiger partial charge in [0.1, 0.15) is 0 Å². The molecule has 0 spiro atoms. The number of hydrogen-bond acceptors (Lipinski definition) is 2. The van der Waals surface area contributed by atoms with Gasteiger partial charge < -0.3 is 10.1 Å². The number of benzene rings is 1. The quantitative estimate of drug-likeness (QED) is 0.726.